The van der Waals surface area contributed by atoms with E-state index < -0.39 is 17.9 Å². The van der Waals surface area contributed by atoms with Gasteiger partial charge in [-0.25, -0.2) is 9.48 Å². The number of carbonyl (C=O) groups is 3. The first kappa shape index (κ1) is 20.3. The summed E-state index contributed by atoms with van der Waals surface area (Å²) in [5, 5.41) is 10.2. The van der Waals surface area contributed by atoms with Crippen LogP contribution in [0.25, 0.3) is 11.3 Å². The van der Waals surface area contributed by atoms with Crippen LogP contribution in [-0.2, 0) is 14.3 Å². The first-order chi connectivity index (χ1) is 14.9. The van der Waals surface area contributed by atoms with Crippen LogP contribution < -0.4 is 10.6 Å². The first-order valence-corrected chi connectivity index (χ1v) is 9.83. The predicted octanol–water partition coefficient (Wildman–Crippen LogP) is 3.48. The number of fused-ring (bicyclic) bond motifs is 1. The normalized spacial score (nSPS) is 15.1. The number of aryl methyl sites for hydroxylation is 1. The number of carbonyl (C=O) groups excluding carboxylic acids is 3. The Morgan fingerprint density at radius 2 is 1.84 bits per heavy atom. The standard InChI is InChI=1S/C23H22N4O4/c1-13-8-10-15(11-9-13)20-14(2)21-25-19(28)12-18(27(21)26-20)22(29)24-17-7-5-4-6-16(17)23(30)31-3/h4-11,18H,12H2,1-3H3,(H,24,29)(H,25,28)/t18-/m1/s1. The van der Waals surface area contributed by atoms with Gasteiger partial charge >= 0.3 is 5.97 Å². The smallest absolute Gasteiger partial charge is 0.339 e. The van der Waals surface area contributed by atoms with Crippen molar-refractivity contribution < 1.29 is 19.1 Å². The fourth-order valence-corrected chi connectivity index (χ4v) is 3.62. The molecule has 1 aromatic heterocycles. The van der Waals surface area contributed by atoms with E-state index in [4.69, 9.17) is 4.74 Å². The largest absolute Gasteiger partial charge is 0.465 e. The van der Waals surface area contributed by atoms with Gasteiger partial charge in [0.25, 0.3) is 0 Å². The van der Waals surface area contributed by atoms with Gasteiger partial charge in [0.2, 0.25) is 11.8 Å². The topological polar surface area (TPSA) is 102 Å². The molecule has 0 saturated carbocycles. The molecule has 1 aliphatic heterocycles. The highest BCUT2D eigenvalue weighted by molar-refractivity contribution is 6.05. The van der Waals surface area contributed by atoms with Crippen LogP contribution in [0.5, 0.6) is 0 Å². The van der Waals surface area contributed by atoms with E-state index in [0.29, 0.717) is 17.2 Å². The Bertz CT molecular complexity index is 1180. The lowest BCUT2D eigenvalue weighted by Crippen LogP contribution is -2.36. The van der Waals surface area contributed by atoms with E-state index in [0.717, 1.165) is 16.7 Å². The number of nitrogens with one attached hydrogen (secondary N) is 2. The van der Waals surface area contributed by atoms with Crippen LogP contribution in [0.15, 0.2) is 48.5 Å². The number of ether oxygens (including phenoxy) is 1. The number of aromatic nitrogens is 2. The van der Waals surface area contributed by atoms with Crippen molar-refractivity contribution >= 4 is 29.3 Å². The molecule has 2 heterocycles. The van der Waals surface area contributed by atoms with Gasteiger partial charge in [0, 0.05) is 11.1 Å². The molecule has 8 nitrogen and oxygen atoms in total. The Morgan fingerprint density at radius 1 is 1.13 bits per heavy atom. The zero-order chi connectivity index (χ0) is 22.1. The molecule has 0 aliphatic carbocycles. The van der Waals surface area contributed by atoms with Crippen LogP contribution in [0.1, 0.15) is 33.9 Å². The first-order valence-electron chi connectivity index (χ1n) is 9.83. The molecule has 158 valence electrons. The average molecular weight is 418 g/mol. The number of hydrogen-bond acceptors (Lipinski definition) is 5. The summed E-state index contributed by atoms with van der Waals surface area (Å²) in [4.78, 5) is 37.5. The zero-order valence-corrected chi connectivity index (χ0v) is 17.4. The molecular formula is C23H22N4O4. The molecule has 2 N–H and O–H groups in total. The molecular weight excluding hydrogens is 396 g/mol. The summed E-state index contributed by atoms with van der Waals surface area (Å²) in [5.74, 6) is -0.777. The number of esters is 1. The van der Waals surface area contributed by atoms with Crippen molar-refractivity contribution in [1.82, 2.24) is 9.78 Å². The van der Waals surface area contributed by atoms with E-state index in [1.165, 1.54) is 7.11 Å². The highest BCUT2D eigenvalue weighted by Gasteiger charge is 2.34. The third kappa shape index (κ3) is 3.79. The van der Waals surface area contributed by atoms with Gasteiger partial charge in [0.05, 0.1) is 30.5 Å². The van der Waals surface area contributed by atoms with Crippen LogP contribution in [-0.4, -0.2) is 34.7 Å². The van der Waals surface area contributed by atoms with E-state index in [1.54, 1.807) is 28.9 Å². The van der Waals surface area contributed by atoms with Crippen molar-refractivity contribution in [2.45, 2.75) is 26.3 Å². The van der Waals surface area contributed by atoms with E-state index >= 15 is 0 Å². The van der Waals surface area contributed by atoms with Gasteiger partial charge in [-0.05, 0) is 26.0 Å². The number of para-hydroxylation sites is 1. The Kier molecular flexibility index (Phi) is 5.29. The fraction of sp³-hybridized carbons (Fsp3) is 0.217. The molecule has 8 heteroatoms. The quantitative estimate of drug-likeness (QED) is 0.632. The van der Waals surface area contributed by atoms with E-state index in [-0.39, 0.29) is 17.9 Å². The van der Waals surface area contributed by atoms with E-state index in [9.17, 15) is 14.4 Å². The molecule has 2 aromatic carbocycles. The second-order valence-corrected chi connectivity index (χ2v) is 7.43. The molecule has 0 fully saturated rings. The summed E-state index contributed by atoms with van der Waals surface area (Å²) in [6.45, 7) is 3.86. The number of methoxy groups -OCH3 is 1. The average Bonchev–Trinajstić information content (AvgIpc) is 3.10. The molecule has 0 spiro atoms. The second-order valence-electron chi connectivity index (χ2n) is 7.43. The van der Waals surface area contributed by atoms with Gasteiger partial charge < -0.3 is 15.4 Å². The van der Waals surface area contributed by atoms with Crippen molar-refractivity contribution in [2.24, 2.45) is 0 Å². The Morgan fingerprint density at radius 3 is 2.55 bits per heavy atom. The molecule has 1 aliphatic rings. The lowest BCUT2D eigenvalue weighted by molar-refractivity contribution is -0.125. The Hall–Kier alpha value is -3.94. The third-order valence-corrected chi connectivity index (χ3v) is 5.30. The van der Waals surface area contributed by atoms with Crippen LogP contribution in [0, 0.1) is 13.8 Å². The lowest BCUT2D eigenvalue weighted by Gasteiger charge is -2.24. The summed E-state index contributed by atoms with van der Waals surface area (Å²) in [6, 6.07) is 13.6. The maximum absolute atomic E-state index is 13.1. The van der Waals surface area contributed by atoms with Gasteiger partial charge in [-0.2, -0.15) is 5.10 Å². The van der Waals surface area contributed by atoms with Crippen LogP contribution in [0.3, 0.4) is 0 Å². The maximum atomic E-state index is 13.1. The molecule has 31 heavy (non-hydrogen) atoms. The number of benzene rings is 2. The number of rotatable bonds is 4. The van der Waals surface area contributed by atoms with E-state index in [2.05, 4.69) is 15.7 Å². The maximum Gasteiger partial charge on any atom is 0.339 e. The van der Waals surface area contributed by atoms with Crippen molar-refractivity contribution in [3.05, 3.63) is 65.2 Å². The minimum Gasteiger partial charge on any atom is -0.465 e. The van der Waals surface area contributed by atoms with E-state index in [1.807, 2.05) is 38.1 Å². The van der Waals surface area contributed by atoms with Crippen LogP contribution in [0.4, 0.5) is 11.5 Å². The predicted molar refractivity (Wildman–Crippen MR) is 116 cm³/mol. The number of hydrogen-bond donors (Lipinski definition) is 2. The van der Waals surface area contributed by atoms with Crippen molar-refractivity contribution in [3.63, 3.8) is 0 Å². The fourth-order valence-electron chi connectivity index (χ4n) is 3.62. The van der Waals surface area contributed by atoms with Gasteiger partial charge in [-0.1, -0.05) is 42.0 Å². The summed E-state index contributed by atoms with van der Waals surface area (Å²) in [6.07, 6.45) is -0.0618. The SMILES string of the molecule is COC(=O)c1ccccc1NC(=O)[C@H]1CC(=O)Nc2c(C)c(-c3ccc(C)cc3)nn21. The van der Waals surface area contributed by atoms with Crippen molar-refractivity contribution in [3.8, 4) is 11.3 Å². The molecule has 2 amide bonds. The molecule has 0 unspecified atom stereocenters. The molecule has 0 radical (unpaired) electrons. The van der Waals surface area contributed by atoms with Gasteiger partial charge in [-0.3, -0.25) is 9.59 Å². The minimum atomic E-state index is -0.854. The van der Waals surface area contributed by atoms with Gasteiger partial charge in [0.1, 0.15) is 11.9 Å². The van der Waals surface area contributed by atoms with Crippen molar-refractivity contribution in [2.75, 3.05) is 17.7 Å². The van der Waals surface area contributed by atoms with Gasteiger partial charge in [-0.15, -0.1) is 0 Å². The number of nitrogens with zero attached hydrogens (tertiary/aromatic N) is 2. The van der Waals surface area contributed by atoms with Crippen molar-refractivity contribution in [1.29, 1.82) is 0 Å². The molecule has 0 bridgehead atoms. The molecule has 0 saturated heterocycles. The summed E-state index contributed by atoms with van der Waals surface area (Å²) >= 11 is 0. The highest BCUT2D eigenvalue weighted by Crippen LogP contribution is 2.34. The molecule has 3 aromatic rings. The third-order valence-electron chi connectivity index (χ3n) is 5.30. The summed E-state index contributed by atoms with van der Waals surface area (Å²) in [5.41, 5.74) is 4.05. The van der Waals surface area contributed by atoms with Crippen LogP contribution >= 0.6 is 0 Å². The molecule has 1 atom stereocenters. The van der Waals surface area contributed by atoms with Crippen LogP contribution in [0.2, 0.25) is 0 Å². The number of anilines is 2. The minimum absolute atomic E-state index is 0.0618. The van der Waals surface area contributed by atoms with Gasteiger partial charge in [0.15, 0.2) is 0 Å². The molecule has 4 rings (SSSR count). The summed E-state index contributed by atoms with van der Waals surface area (Å²) in [7, 11) is 1.28. The lowest BCUT2D eigenvalue weighted by atomic mass is 10.1. The number of amides is 2. The Balaban J connectivity index is 1.69. The highest BCUT2D eigenvalue weighted by atomic mass is 16.5. The zero-order valence-electron chi connectivity index (χ0n) is 17.4. The second kappa shape index (κ2) is 8.06. The monoisotopic (exact) mass is 418 g/mol. The summed E-state index contributed by atoms with van der Waals surface area (Å²) < 4.78 is 6.33. The Labute approximate surface area is 179 Å².